The molecule has 2 heterocycles. The Kier molecular flexibility index (Phi) is 4.80. The maximum absolute atomic E-state index is 12.4. The van der Waals surface area contributed by atoms with Crippen molar-refractivity contribution in [2.75, 3.05) is 13.1 Å². The van der Waals surface area contributed by atoms with Crippen molar-refractivity contribution >= 4 is 18.1 Å². The molecule has 1 aromatic heterocycles. The van der Waals surface area contributed by atoms with Gasteiger partial charge in [-0.3, -0.25) is 9.69 Å². The molecule has 1 aromatic carbocycles. The summed E-state index contributed by atoms with van der Waals surface area (Å²) >= 11 is 5.76. The Balaban J connectivity index is 1.18. The molecule has 2 saturated carbocycles. The summed E-state index contributed by atoms with van der Waals surface area (Å²) in [6.07, 6.45) is 6.92. The Bertz CT molecular complexity index is 905. The van der Waals surface area contributed by atoms with Crippen LogP contribution in [0.25, 0.3) is 0 Å². The lowest BCUT2D eigenvalue weighted by Crippen LogP contribution is -2.45. The molecule has 0 radical (unpaired) electrons. The van der Waals surface area contributed by atoms with Crippen LogP contribution in [0.2, 0.25) is 0 Å². The second-order valence-corrected chi connectivity index (χ2v) is 8.75. The van der Waals surface area contributed by atoms with Gasteiger partial charge >= 0.3 is 0 Å². The Morgan fingerprint density at radius 1 is 1.07 bits per heavy atom. The van der Waals surface area contributed by atoms with Crippen molar-refractivity contribution in [2.45, 2.75) is 63.2 Å². The van der Waals surface area contributed by atoms with Crippen LogP contribution in [0.3, 0.4) is 0 Å². The number of nitrogens with one attached hydrogen (secondary N) is 1. The van der Waals surface area contributed by atoms with E-state index in [4.69, 9.17) is 17.3 Å². The van der Waals surface area contributed by atoms with Crippen molar-refractivity contribution < 1.29 is 4.79 Å². The highest BCUT2D eigenvalue weighted by Gasteiger charge is 2.36. The summed E-state index contributed by atoms with van der Waals surface area (Å²) in [6, 6.07) is 10.3. The van der Waals surface area contributed by atoms with E-state index >= 15 is 0 Å². The van der Waals surface area contributed by atoms with Gasteiger partial charge in [-0.05, 0) is 62.9 Å². The number of hydrogen-bond acceptors (Lipinski definition) is 4. The number of benzene rings is 1. The van der Waals surface area contributed by atoms with Crippen molar-refractivity contribution in [1.82, 2.24) is 24.6 Å². The highest BCUT2D eigenvalue weighted by Crippen LogP contribution is 2.44. The monoisotopic (exact) mass is 397 g/mol. The standard InChI is InChI=1S/C21H27N5OS/c27-20(16-4-2-1-3-5-16)22-17-10-12-24(13-11-17)14-25-21(28)26(18-8-9-18)19(23-25)15-6-7-15/h1-5,15,17-18H,6-14H2,(H,22,27). The molecule has 2 aromatic rings. The van der Waals surface area contributed by atoms with Gasteiger partial charge in [0.1, 0.15) is 5.82 Å². The van der Waals surface area contributed by atoms with E-state index in [1.807, 2.05) is 35.0 Å². The Morgan fingerprint density at radius 2 is 1.79 bits per heavy atom. The first kappa shape index (κ1) is 18.1. The van der Waals surface area contributed by atoms with Gasteiger partial charge in [0.15, 0.2) is 4.77 Å². The number of rotatable bonds is 6. The van der Waals surface area contributed by atoms with Crippen LogP contribution in [0.1, 0.15) is 66.7 Å². The molecular weight excluding hydrogens is 370 g/mol. The zero-order valence-corrected chi connectivity index (χ0v) is 16.9. The lowest BCUT2D eigenvalue weighted by molar-refractivity contribution is 0.0895. The summed E-state index contributed by atoms with van der Waals surface area (Å²) in [5.74, 6) is 1.87. The molecule has 5 rings (SSSR count). The quantitative estimate of drug-likeness (QED) is 0.759. The molecule has 0 bridgehead atoms. The topological polar surface area (TPSA) is 55.1 Å². The maximum Gasteiger partial charge on any atom is 0.251 e. The largest absolute Gasteiger partial charge is 0.349 e. The molecule has 1 saturated heterocycles. The van der Waals surface area contributed by atoms with Crippen molar-refractivity contribution in [2.24, 2.45) is 0 Å². The molecule has 28 heavy (non-hydrogen) atoms. The molecule has 3 fully saturated rings. The van der Waals surface area contributed by atoms with Crippen molar-refractivity contribution in [1.29, 1.82) is 0 Å². The number of likely N-dealkylation sites (tertiary alicyclic amines) is 1. The predicted octanol–water partition coefficient (Wildman–Crippen LogP) is 3.48. The van der Waals surface area contributed by atoms with E-state index in [0.29, 0.717) is 12.0 Å². The summed E-state index contributed by atoms with van der Waals surface area (Å²) in [7, 11) is 0. The molecule has 2 aliphatic carbocycles. The van der Waals surface area contributed by atoms with E-state index < -0.39 is 0 Å². The Labute approximate surface area is 170 Å². The Hall–Kier alpha value is -1.99. The number of nitrogens with zero attached hydrogens (tertiary/aromatic N) is 4. The van der Waals surface area contributed by atoms with Gasteiger partial charge in [-0.25, -0.2) is 4.68 Å². The van der Waals surface area contributed by atoms with E-state index in [2.05, 4.69) is 14.8 Å². The molecule has 0 atom stereocenters. The first-order valence-electron chi connectivity index (χ1n) is 10.5. The van der Waals surface area contributed by atoms with Gasteiger partial charge in [0, 0.05) is 36.7 Å². The lowest BCUT2D eigenvalue weighted by Gasteiger charge is -2.32. The zero-order chi connectivity index (χ0) is 19.1. The van der Waals surface area contributed by atoms with Gasteiger partial charge in [-0.1, -0.05) is 18.2 Å². The van der Waals surface area contributed by atoms with E-state index in [0.717, 1.165) is 42.9 Å². The minimum absolute atomic E-state index is 0.0264. The third kappa shape index (κ3) is 3.78. The third-order valence-electron chi connectivity index (χ3n) is 6.04. The summed E-state index contributed by atoms with van der Waals surface area (Å²) < 4.78 is 5.26. The SMILES string of the molecule is O=C(NC1CCN(Cn2nc(C3CC3)n(C3CC3)c2=S)CC1)c1ccccc1. The van der Waals surface area contributed by atoms with Gasteiger partial charge < -0.3 is 9.88 Å². The van der Waals surface area contributed by atoms with E-state index in [9.17, 15) is 4.79 Å². The first-order chi connectivity index (χ1) is 13.7. The lowest BCUT2D eigenvalue weighted by atomic mass is 10.0. The van der Waals surface area contributed by atoms with Gasteiger partial charge in [-0.15, -0.1) is 0 Å². The molecule has 1 aliphatic heterocycles. The van der Waals surface area contributed by atoms with Crippen molar-refractivity contribution in [3.63, 3.8) is 0 Å². The smallest absolute Gasteiger partial charge is 0.251 e. The number of piperidine rings is 1. The van der Waals surface area contributed by atoms with E-state index in [1.54, 1.807) is 0 Å². The van der Waals surface area contributed by atoms with Gasteiger partial charge in [0.2, 0.25) is 0 Å². The van der Waals surface area contributed by atoms with Gasteiger partial charge in [0.25, 0.3) is 5.91 Å². The minimum atomic E-state index is 0.0264. The van der Waals surface area contributed by atoms with Crippen LogP contribution in [-0.2, 0) is 6.67 Å². The molecule has 1 amide bonds. The predicted molar refractivity (Wildman–Crippen MR) is 110 cm³/mol. The van der Waals surface area contributed by atoms with Crippen LogP contribution < -0.4 is 5.32 Å². The van der Waals surface area contributed by atoms with E-state index in [-0.39, 0.29) is 11.9 Å². The second kappa shape index (κ2) is 7.44. The first-order valence-corrected chi connectivity index (χ1v) is 10.9. The number of aromatic nitrogens is 3. The summed E-state index contributed by atoms with van der Waals surface area (Å²) in [6.45, 7) is 2.67. The van der Waals surface area contributed by atoms with Crippen molar-refractivity contribution in [3.05, 3.63) is 46.5 Å². The fourth-order valence-electron chi connectivity index (χ4n) is 4.09. The van der Waals surface area contributed by atoms with Crippen LogP contribution in [0.5, 0.6) is 0 Å². The number of hydrogen-bond donors (Lipinski definition) is 1. The summed E-state index contributed by atoms with van der Waals surface area (Å²) in [4.78, 5) is 14.8. The highest BCUT2D eigenvalue weighted by molar-refractivity contribution is 7.71. The Morgan fingerprint density at radius 3 is 2.43 bits per heavy atom. The summed E-state index contributed by atoms with van der Waals surface area (Å²) in [5.41, 5.74) is 0.731. The molecule has 148 valence electrons. The average molecular weight is 398 g/mol. The minimum Gasteiger partial charge on any atom is -0.349 e. The average Bonchev–Trinajstić information content (AvgIpc) is 3.63. The fraction of sp³-hybridized carbons (Fsp3) is 0.571. The molecule has 6 nitrogen and oxygen atoms in total. The van der Waals surface area contributed by atoms with E-state index in [1.165, 1.54) is 31.5 Å². The molecule has 0 spiro atoms. The van der Waals surface area contributed by atoms with Crippen LogP contribution in [0.15, 0.2) is 30.3 Å². The molecule has 3 aliphatic rings. The fourth-order valence-corrected chi connectivity index (χ4v) is 4.43. The van der Waals surface area contributed by atoms with Crippen molar-refractivity contribution in [3.8, 4) is 0 Å². The highest BCUT2D eigenvalue weighted by atomic mass is 32.1. The second-order valence-electron chi connectivity index (χ2n) is 8.39. The normalized spacial score (nSPS) is 21.0. The maximum atomic E-state index is 12.4. The number of amides is 1. The van der Waals surface area contributed by atoms with Crippen LogP contribution >= 0.6 is 12.2 Å². The molecule has 1 N–H and O–H groups in total. The van der Waals surface area contributed by atoms with Crippen LogP contribution in [0.4, 0.5) is 0 Å². The number of carbonyl (C=O) groups is 1. The van der Waals surface area contributed by atoms with Crippen LogP contribution in [0, 0.1) is 4.77 Å². The zero-order valence-electron chi connectivity index (χ0n) is 16.1. The van der Waals surface area contributed by atoms with Gasteiger partial charge in [0.05, 0.1) is 6.67 Å². The molecular formula is C21H27N5OS. The molecule has 0 unspecified atom stereocenters. The van der Waals surface area contributed by atoms with Gasteiger partial charge in [-0.2, -0.15) is 5.10 Å². The third-order valence-corrected chi connectivity index (χ3v) is 6.45. The molecule has 7 heteroatoms. The number of carbonyl (C=O) groups excluding carboxylic acids is 1. The summed E-state index contributed by atoms with van der Waals surface area (Å²) in [5, 5.41) is 8.08. The van der Waals surface area contributed by atoms with Crippen LogP contribution in [-0.4, -0.2) is 44.3 Å².